The molecule has 1 unspecified atom stereocenters. The van der Waals surface area contributed by atoms with E-state index in [2.05, 4.69) is 5.32 Å². The summed E-state index contributed by atoms with van der Waals surface area (Å²) in [6, 6.07) is 9.98. The van der Waals surface area contributed by atoms with Crippen molar-refractivity contribution in [1.82, 2.24) is 5.32 Å². The minimum atomic E-state index is -0.451. The van der Waals surface area contributed by atoms with Crippen LogP contribution >= 0.6 is 12.4 Å². The van der Waals surface area contributed by atoms with Crippen LogP contribution in [0.2, 0.25) is 0 Å². The first-order chi connectivity index (χ1) is 10.1. The summed E-state index contributed by atoms with van der Waals surface area (Å²) in [5, 5.41) is 3.02. The molecule has 1 aromatic carbocycles. The van der Waals surface area contributed by atoms with Gasteiger partial charge in [0.25, 0.3) is 0 Å². The molecule has 126 valence electrons. The molecule has 0 saturated carbocycles. The summed E-state index contributed by atoms with van der Waals surface area (Å²) in [4.78, 5) is 12.4. The Balaban J connectivity index is 0.00000441. The third-order valence-corrected chi connectivity index (χ3v) is 4.08. The smallest absolute Gasteiger partial charge is 0.227 e. The highest BCUT2D eigenvalue weighted by molar-refractivity contribution is 5.85. The van der Waals surface area contributed by atoms with Gasteiger partial charge in [-0.15, -0.1) is 12.4 Å². The third-order valence-electron chi connectivity index (χ3n) is 4.08. The molecule has 0 aliphatic heterocycles. The zero-order valence-electron chi connectivity index (χ0n) is 13.8. The molecule has 1 aromatic rings. The minimum Gasteiger partial charge on any atom is -0.375 e. The Morgan fingerprint density at radius 3 is 2.36 bits per heavy atom. The van der Waals surface area contributed by atoms with Crippen LogP contribution in [-0.4, -0.2) is 25.1 Å². The normalized spacial score (nSPS) is 12.4. The zero-order chi connectivity index (χ0) is 15.7. The fraction of sp³-hybridized carbons (Fsp3) is 0.588. The number of halogens is 1. The third kappa shape index (κ3) is 5.95. The van der Waals surface area contributed by atoms with Gasteiger partial charge in [-0.3, -0.25) is 4.79 Å². The quantitative estimate of drug-likeness (QED) is 0.732. The number of amides is 1. The Kier molecular flexibility index (Phi) is 10.1. The van der Waals surface area contributed by atoms with E-state index in [9.17, 15) is 4.79 Å². The van der Waals surface area contributed by atoms with Crippen LogP contribution in [0.5, 0.6) is 0 Å². The van der Waals surface area contributed by atoms with Crippen molar-refractivity contribution in [3.05, 3.63) is 35.9 Å². The van der Waals surface area contributed by atoms with Crippen molar-refractivity contribution in [2.24, 2.45) is 11.1 Å². The molecule has 0 aliphatic rings. The predicted octanol–water partition coefficient (Wildman–Crippen LogP) is 2.89. The van der Waals surface area contributed by atoms with Crippen LogP contribution in [0.1, 0.15) is 39.2 Å². The van der Waals surface area contributed by atoms with E-state index in [-0.39, 0.29) is 24.4 Å². The lowest BCUT2D eigenvalue weighted by atomic mass is 9.81. The first-order valence-electron chi connectivity index (χ1n) is 7.70. The van der Waals surface area contributed by atoms with Crippen molar-refractivity contribution in [1.29, 1.82) is 0 Å². The van der Waals surface area contributed by atoms with Crippen LogP contribution in [0.25, 0.3) is 0 Å². The SMILES string of the molecule is CCC(CC)(CN)C(=O)NC(C)COCc1ccccc1.Cl. The van der Waals surface area contributed by atoms with Crippen LogP contribution in [-0.2, 0) is 16.1 Å². The van der Waals surface area contributed by atoms with E-state index in [1.54, 1.807) is 0 Å². The second kappa shape index (κ2) is 10.6. The predicted molar refractivity (Wildman–Crippen MR) is 93.0 cm³/mol. The van der Waals surface area contributed by atoms with Gasteiger partial charge in [0.1, 0.15) is 0 Å². The van der Waals surface area contributed by atoms with Crippen LogP contribution in [0.4, 0.5) is 0 Å². The lowest BCUT2D eigenvalue weighted by molar-refractivity contribution is -0.132. The second-order valence-corrected chi connectivity index (χ2v) is 5.57. The van der Waals surface area contributed by atoms with Crippen molar-refractivity contribution in [2.45, 2.75) is 46.3 Å². The molecule has 0 aliphatic carbocycles. The molecule has 0 saturated heterocycles. The lowest BCUT2D eigenvalue weighted by Crippen LogP contribution is -2.49. The van der Waals surface area contributed by atoms with Crippen LogP contribution < -0.4 is 11.1 Å². The second-order valence-electron chi connectivity index (χ2n) is 5.57. The number of hydrogen-bond donors (Lipinski definition) is 2. The van der Waals surface area contributed by atoms with E-state index >= 15 is 0 Å². The van der Waals surface area contributed by atoms with Crippen LogP contribution in [0.15, 0.2) is 30.3 Å². The van der Waals surface area contributed by atoms with Gasteiger partial charge in [-0.25, -0.2) is 0 Å². The summed E-state index contributed by atoms with van der Waals surface area (Å²) in [6.07, 6.45) is 1.51. The van der Waals surface area contributed by atoms with E-state index < -0.39 is 5.41 Å². The van der Waals surface area contributed by atoms with E-state index in [1.165, 1.54) is 0 Å². The zero-order valence-corrected chi connectivity index (χ0v) is 14.6. The van der Waals surface area contributed by atoms with Gasteiger partial charge in [-0.2, -0.15) is 0 Å². The maximum Gasteiger partial charge on any atom is 0.227 e. The van der Waals surface area contributed by atoms with E-state index in [0.717, 1.165) is 18.4 Å². The molecule has 0 aromatic heterocycles. The van der Waals surface area contributed by atoms with E-state index in [4.69, 9.17) is 10.5 Å². The summed E-state index contributed by atoms with van der Waals surface area (Å²) in [5.74, 6) is 0.0332. The Morgan fingerprint density at radius 2 is 1.86 bits per heavy atom. The molecular formula is C17H29ClN2O2. The Bertz CT molecular complexity index is 414. The molecule has 3 N–H and O–H groups in total. The van der Waals surface area contributed by atoms with Crippen molar-refractivity contribution in [3.63, 3.8) is 0 Å². The number of nitrogens with one attached hydrogen (secondary N) is 1. The highest BCUT2D eigenvalue weighted by Gasteiger charge is 2.33. The molecule has 0 spiro atoms. The van der Waals surface area contributed by atoms with Gasteiger partial charge in [0.15, 0.2) is 0 Å². The molecule has 0 heterocycles. The number of benzene rings is 1. The summed E-state index contributed by atoms with van der Waals surface area (Å²) >= 11 is 0. The maximum absolute atomic E-state index is 12.4. The molecule has 22 heavy (non-hydrogen) atoms. The maximum atomic E-state index is 12.4. The molecule has 4 nitrogen and oxygen atoms in total. The van der Waals surface area contributed by atoms with Crippen molar-refractivity contribution >= 4 is 18.3 Å². The average Bonchev–Trinajstić information content (AvgIpc) is 2.50. The van der Waals surface area contributed by atoms with Gasteiger partial charge >= 0.3 is 0 Å². The Hall–Kier alpha value is -1.10. The number of nitrogens with two attached hydrogens (primary N) is 1. The number of rotatable bonds is 9. The van der Waals surface area contributed by atoms with Gasteiger partial charge in [-0.05, 0) is 25.3 Å². The fourth-order valence-corrected chi connectivity index (χ4v) is 2.30. The molecule has 1 amide bonds. The van der Waals surface area contributed by atoms with Crippen molar-refractivity contribution < 1.29 is 9.53 Å². The molecule has 0 fully saturated rings. The highest BCUT2D eigenvalue weighted by Crippen LogP contribution is 2.25. The standard InChI is InChI=1S/C17H28N2O2.ClH/c1-4-17(5-2,13-18)16(20)19-14(3)11-21-12-15-9-7-6-8-10-15;/h6-10,14H,4-5,11-13,18H2,1-3H3,(H,19,20);1H. The minimum absolute atomic E-state index is 0. The van der Waals surface area contributed by atoms with E-state index in [0.29, 0.717) is 19.8 Å². The molecule has 0 radical (unpaired) electrons. The largest absolute Gasteiger partial charge is 0.375 e. The number of ether oxygens (including phenoxy) is 1. The highest BCUT2D eigenvalue weighted by atomic mass is 35.5. The lowest BCUT2D eigenvalue weighted by Gasteiger charge is -2.30. The van der Waals surface area contributed by atoms with Gasteiger partial charge < -0.3 is 15.8 Å². The summed E-state index contributed by atoms with van der Waals surface area (Å²) in [5.41, 5.74) is 6.47. The summed E-state index contributed by atoms with van der Waals surface area (Å²) in [7, 11) is 0. The van der Waals surface area contributed by atoms with Crippen LogP contribution in [0, 0.1) is 5.41 Å². The molecule has 5 heteroatoms. The van der Waals surface area contributed by atoms with Gasteiger partial charge in [0, 0.05) is 12.6 Å². The van der Waals surface area contributed by atoms with Crippen LogP contribution in [0.3, 0.4) is 0 Å². The van der Waals surface area contributed by atoms with Crippen molar-refractivity contribution in [3.8, 4) is 0 Å². The van der Waals surface area contributed by atoms with Gasteiger partial charge in [0.05, 0.1) is 18.6 Å². The van der Waals surface area contributed by atoms with Gasteiger partial charge in [0.2, 0.25) is 5.91 Å². The molecule has 1 rings (SSSR count). The number of carbonyl (C=O) groups is 1. The molecule has 0 bridgehead atoms. The van der Waals surface area contributed by atoms with Crippen molar-refractivity contribution in [2.75, 3.05) is 13.2 Å². The molecular weight excluding hydrogens is 300 g/mol. The first kappa shape index (κ1) is 20.9. The fourth-order valence-electron chi connectivity index (χ4n) is 2.30. The summed E-state index contributed by atoms with van der Waals surface area (Å²) in [6.45, 7) is 7.40. The Morgan fingerprint density at radius 1 is 1.27 bits per heavy atom. The Labute approximate surface area is 140 Å². The number of carbonyl (C=O) groups excluding carboxylic acids is 1. The summed E-state index contributed by atoms with van der Waals surface area (Å²) < 4.78 is 5.65. The average molecular weight is 329 g/mol. The first-order valence-corrected chi connectivity index (χ1v) is 7.70. The monoisotopic (exact) mass is 328 g/mol. The number of hydrogen-bond acceptors (Lipinski definition) is 3. The topological polar surface area (TPSA) is 64.4 Å². The van der Waals surface area contributed by atoms with Gasteiger partial charge in [-0.1, -0.05) is 44.2 Å². The van der Waals surface area contributed by atoms with E-state index in [1.807, 2.05) is 51.1 Å². The molecule has 1 atom stereocenters.